The number of para-hydroxylation sites is 3. The van der Waals surface area contributed by atoms with E-state index in [2.05, 4.69) is 196 Å². The SMILES string of the molecule is c1ccc(-n2c3ccccc3c3ccc(Nc4ccc(-c5cccc6c5c5ccccc5n6-c5cccc6ccccc56)cc4)cc32)cc1. The van der Waals surface area contributed by atoms with Crippen molar-refractivity contribution in [1.82, 2.24) is 9.13 Å². The highest BCUT2D eigenvalue weighted by Crippen LogP contribution is 2.40. The first-order chi connectivity index (χ1) is 24.3. The van der Waals surface area contributed by atoms with Crippen molar-refractivity contribution in [2.24, 2.45) is 0 Å². The number of nitrogens with zero attached hydrogens (tertiary/aromatic N) is 2. The van der Waals surface area contributed by atoms with Crippen LogP contribution in [0.2, 0.25) is 0 Å². The van der Waals surface area contributed by atoms with Crippen LogP contribution in [-0.4, -0.2) is 9.13 Å². The van der Waals surface area contributed by atoms with Crippen LogP contribution in [0.25, 0.3) is 76.9 Å². The van der Waals surface area contributed by atoms with Gasteiger partial charge >= 0.3 is 0 Å². The normalized spacial score (nSPS) is 11.7. The Hall–Kier alpha value is -6.58. The Morgan fingerprint density at radius 1 is 0.367 bits per heavy atom. The van der Waals surface area contributed by atoms with E-state index in [1.807, 2.05) is 0 Å². The highest BCUT2D eigenvalue weighted by Gasteiger charge is 2.17. The molecule has 0 aliphatic heterocycles. The maximum absolute atomic E-state index is 3.69. The zero-order chi connectivity index (χ0) is 32.3. The molecule has 230 valence electrons. The van der Waals surface area contributed by atoms with Gasteiger partial charge in [0.25, 0.3) is 0 Å². The van der Waals surface area contributed by atoms with E-state index in [1.165, 1.54) is 71.2 Å². The van der Waals surface area contributed by atoms with Gasteiger partial charge in [0.2, 0.25) is 0 Å². The van der Waals surface area contributed by atoms with Crippen molar-refractivity contribution in [2.45, 2.75) is 0 Å². The molecule has 10 aromatic rings. The topological polar surface area (TPSA) is 21.9 Å². The molecule has 0 spiro atoms. The van der Waals surface area contributed by atoms with Crippen LogP contribution in [0.3, 0.4) is 0 Å². The van der Waals surface area contributed by atoms with Crippen molar-refractivity contribution in [1.29, 1.82) is 0 Å². The summed E-state index contributed by atoms with van der Waals surface area (Å²) in [7, 11) is 0. The Balaban J connectivity index is 1.06. The summed E-state index contributed by atoms with van der Waals surface area (Å²) in [6.45, 7) is 0. The number of nitrogens with one attached hydrogen (secondary N) is 1. The monoisotopic (exact) mass is 625 g/mol. The number of anilines is 2. The summed E-state index contributed by atoms with van der Waals surface area (Å²) < 4.78 is 4.78. The third kappa shape index (κ3) is 4.37. The van der Waals surface area contributed by atoms with E-state index in [9.17, 15) is 0 Å². The summed E-state index contributed by atoms with van der Waals surface area (Å²) in [5.74, 6) is 0. The predicted octanol–water partition coefficient (Wildman–Crippen LogP) is 12.4. The summed E-state index contributed by atoms with van der Waals surface area (Å²) >= 11 is 0. The molecule has 0 aliphatic carbocycles. The van der Waals surface area contributed by atoms with Crippen LogP contribution < -0.4 is 5.32 Å². The van der Waals surface area contributed by atoms with Gasteiger partial charge < -0.3 is 14.5 Å². The second kappa shape index (κ2) is 11.0. The molecule has 0 aliphatic rings. The second-order valence-electron chi connectivity index (χ2n) is 12.7. The molecule has 0 radical (unpaired) electrons. The van der Waals surface area contributed by atoms with E-state index in [0.717, 1.165) is 17.1 Å². The molecule has 3 nitrogen and oxygen atoms in total. The van der Waals surface area contributed by atoms with E-state index in [-0.39, 0.29) is 0 Å². The number of rotatable bonds is 5. The van der Waals surface area contributed by atoms with Gasteiger partial charge in [-0.1, -0.05) is 121 Å². The van der Waals surface area contributed by atoms with Crippen molar-refractivity contribution >= 4 is 65.8 Å². The zero-order valence-electron chi connectivity index (χ0n) is 26.7. The van der Waals surface area contributed by atoms with Gasteiger partial charge in [-0.15, -0.1) is 0 Å². The third-order valence-corrected chi connectivity index (χ3v) is 9.88. The van der Waals surface area contributed by atoms with Gasteiger partial charge in [0.15, 0.2) is 0 Å². The van der Waals surface area contributed by atoms with E-state index >= 15 is 0 Å². The lowest BCUT2D eigenvalue weighted by molar-refractivity contribution is 1.18. The van der Waals surface area contributed by atoms with E-state index in [4.69, 9.17) is 0 Å². The maximum Gasteiger partial charge on any atom is 0.0561 e. The van der Waals surface area contributed by atoms with Crippen LogP contribution in [-0.2, 0) is 0 Å². The Morgan fingerprint density at radius 3 is 1.82 bits per heavy atom. The van der Waals surface area contributed by atoms with Gasteiger partial charge in [0.1, 0.15) is 0 Å². The zero-order valence-corrected chi connectivity index (χ0v) is 26.7. The first kappa shape index (κ1) is 27.5. The second-order valence-corrected chi connectivity index (χ2v) is 12.7. The quantitative estimate of drug-likeness (QED) is 0.202. The molecule has 0 unspecified atom stereocenters. The number of fused-ring (bicyclic) bond motifs is 7. The molecule has 0 saturated heterocycles. The van der Waals surface area contributed by atoms with E-state index in [0.29, 0.717) is 0 Å². The first-order valence-corrected chi connectivity index (χ1v) is 16.8. The van der Waals surface area contributed by atoms with Crippen molar-refractivity contribution in [3.8, 4) is 22.5 Å². The fourth-order valence-electron chi connectivity index (χ4n) is 7.73. The van der Waals surface area contributed by atoms with Crippen molar-refractivity contribution in [3.63, 3.8) is 0 Å². The highest BCUT2D eigenvalue weighted by atomic mass is 15.0. The molecule has 3 heteroatoms. The van der Waals surface area contributed by atoms with Crippen molar-refractivity contribution in [3.05, 3.63) is 182 Å². The van der Waals surface area contributed by atoms with Gasteiger partial charge in [-0.05, 0) is 77.2 Å². The third-order valence-electron chi connectivity index (χ3n) is 9.88. The molecule has 2 aromatic heterocycles. The van der Waals surface area contributed by atoms with E-state index in [1.54, 1.807) is 0 Å². The molecule has 49 heavy (non-hydrogen) atoms. The molecule has 2 heterocycles. The number of benzene rings is 8. The fourth-order valence-corrected chi connectivity index (χ4v) is 7.73. The highest BCUT2D eigenvalue weighted by molar-refractivity contribution is 6.16. The van der Waals surface area contributed by atoms with Crippen molar-refractivity contribution in [2.75, 3.05) is 5.32 Å². The summed E-state index contributed by atoms with van der Waals surface area (Å²) in [5, 5.41) is 11.2. The lowest BCUT2D eigenvalue weighted by Crippen LogP contribution is -1.95. The minimum atomic E-state index is 1.05. The van der Waals surface area contributed by atoms with Crippen LogP contribution in [0.5, 0.6) is 0 Å². The average molecular weight is 626 g/mol. The number of hydrogen-bond donors (Lipinski definition) is 1. The Kier molecular flexibility index (Phi) is 6.18. The smallest absolute Gasteiger partial charge is 0.0561 e. The lowest BCUT2D eigenvalue weighted by Gasteiger charge is -2.12. The Bertz CT molecular complexity index is 2830. The van der Waals surface area contributed by atoms with E-state index < -0.39 is 0 Å². The Morgan fingerprint density at radius 2 is 0.980 bits per heavy atom. The van der Waals surface area contributed by atoms with Crippen LogP contribution >= 0.6 is 0 Å². The fraction of sp³-hybridized carbons (Fsp3) is 0. The molecule has 1 N–H and O–H groups in total. The predicted molar refractivity (Wildman–Crippen MR) is 208 cm³/mol. The largest absolute Gasteiger partial charge is 0.355 e. The van der Waals surface area contributed by atoms with Crippen molar-refractivity contribution < 1.29 is 0 Å². The number of aromatic nitrogens is 2. The molecule has 0 amide bonds. The number of hydrogen-bond acceptors (Lipinski definition) is 1. The summed E-state index contributed by atoms with van der Waals surface area (Å²) in [6, 6.07) is 65.5. The molecule has 0 bridgehead atoms. The molecular formula is C46H31N3. The van der Waals surface area contributed by atoms with Gasteiger partial charge in [0, 0.05) is 44.0 Å². The average Bonchev–Trinajstić information content (AvgIpc) is 3.68. The first-order valence-electron chi connectivity index (χ1n) is 16.8. The lowest BCUT2D eigenvalue weighted by atomic mass is 9.99. The molecule has 8 aromatic carbocycles. The molecule has 0 fully saturated rings. The summed E-state index contributed by atoms with van der Waals surface area (Å²) in [5.41, 5.74) is 11.7. The molecular weight excluding hydrogens is 595 g/mol. The van der Waals surface area contributed by atoms with Gasteiger partial charge in [-0.25, -0.2) is 0 Å². The molecule has 0 saturated carbocycles. The maximum atomic E-state index is 3.69. The van der Waals surface area contributed by atoms with Crippen LogP contribution in [0.4, 0.5) is 11.4 Å². The van der Waals surface area contributed by atoms with Gasteiger partial charge in [-0.2, -0.15) is 0 Å². The van der Waals surface area contributed by atoms with Gasteiger partial charge in [0.05, 0.1) is 27.8 Å². The summed E-state index contributed by atoms with van der Waals surface area (Å²) in [4.78, 5) is 0. The standard InChI is InChI=1S/C46H31N3/c1-2-14-35(15-3-1)48-42-20-8-6-17-38(42)39-29-28-34(30-45(39)48)47-33-26-24-32(25-27-33)37-19-11-23-44-46(37)40-18-7-9-21-43(40)49(44)41-22-10-13-31-12-4-5-16-36(31)41/h1-30,47H. The molecule has 10 rings (SSSR count). The van der Waals surface area contributed by atoms with Crippen LogP contribution in [0.15, 0.2) is 182 Å². The van der Waals surface area contributed by atoms with Crippen LogP contribution in [0.1, 0.15) is 0 Å². The minimum absolute atomic E-state index is 1.05. The Labute approximate surface area is 283 Å². The molecule has 0 atom stereocenters. The minimum Gasteiger partial charge on any atom is -0.355 e. The summed E-state index contributed by atoms with van der Waals surface area (Å²) in [6.07, 6.45) is 0. The van der Waals surface area contributed by atoms with Gasteiger partial charge in [-0.3, -0.25) is 0 Å². The van der Waals surface area contributed by atoms with Crippen LogP contribution in [0, 0.1) is 0 Å².